The molecular formula is C15H19ClN2O3. The van der Waals surface area contributed by atoms with E-state index in [0.717, 1.165) is 12.1 Å². The molecule has 1 aliphatic carbocycles. The summed E-state index contributed by atoms with van der Waals surface area (Å²) in [5.41, 5.74) is 1.32. The zero-order valence-electron chi connectivity index (χ0n) is 12.1. The van der Waals surface area contributed by atoms with Crippen molar-refractivity contribution in [2.45, 2.75) is 19.3 Å². The lowest BCUT2D eigenvalue weighted by atomic mass is 9.95. The highest BCUT2D eigenvalue weighted by atomic mass is 35.5. The Morgan fingerprint density at radius 1 is 1.29 bits per heavy atom. The maximum atomic E-state index is 12.4. The number of hydrogen-bond acceptors (Lipinski definition) is 3. The maximum Gasteiger partial charge on any atom is 0.307 e. The fourth-order valence-electron chi connectivity index (χ4n) is 2.87. The van der Waals surface area contributed by atoms with E-state index in [-0.39, 0.29) is 5.91 Å². The number of nitrogens with zero attached hydrogens (tertiary/aromatic N) is 1. The van der Waals surface area contributed by atoms with E-state index >= 15 is 0 Å². The van der Waals surface area contributed by atoms with Gasteiger partial charge in [-0.2, -0.15) is 0 Å². The molecule has 6 heteroatoms. The molecule has 114 valence electrons. The minimum absolute atomic E-state index is 0.245. The highest BCUT2D eigenvalue weighted by molar-refractivity contribution is 6.34. The van der Waals surface area contributed by atoms with E-state index in [1.807, 2.05) is 19.0 Å². The maximum absolute atomic E-state index is 12.4. The van der Waals surface area contributed by atoms with Gasteiger partial charge in [-0.05, 0) is 25.0 Å². The highest BCUT2D eigenvalue weighted by Crippen LogP contribution is 2.36. The minimum Gasteiger partial charge on any atom is -0.481 e. The molecule has 0 aromatic heterocycles. The van der Waals surface area contributed by atoms with Crippen LogP contribution in [0.15, 0.2) is 18.2 Å². The van der Waals surface area contributed by atoms with Crippen LogP contribution < -0.4 is 10.2 Å². The Labute approximate surface area is 128 Å². The Bertz CT molecular complexity index is 560. The Balaban J connectivity index is 2.20. The van der Waals surface area contributed by atoms with Gasteiger partial charge in [-0.1, -0.05) is 24.1 Å². The molecule has 21 heavy (non-hydrogen) atoms. The van der Waals surface area contributed by atoms with Crippen molar-refractivity contribution in [3.63, 3.8) is 0 Å². The average Bonchev–Trinajstić information content (AvgIpc) is 2.87. The number of benzene rings is 1. The topological polar surface area (TPSA) is 69.6 Å². The summed E-state index contributed by atoms with van der Waals surface area (Å²) in [6, 6.07) is 5.28. The lowest BCUT2D eigenvalue weighted by molar-refractivity contribution is -0.145. The molecule has 2 N–H and O–H groups in total. The molecule has 0 spiro atoms. The molecule has 0 aliphatic heterocycles. The van der Waals surface area contributed by atoms with Crippen LogP contribution in [0.4, 0.5) is 11.4 Å². The molecular weight excluding hydrogens is 292 g/mol. The average molecular weight is 311 g/mol. The van der Waals surface area contributed by atoms with Crippen molar-refractivity contribution in [3.05, 3.63) is 23.2 Å². The summed E-state index contributed by atoms with van der Waals surface area (Å²) < 4.78 is 0. The molecule has 0 bridgehead atoms. The van der Waals surface area contributed by atoms with Gasteiger partial charge in [0.05, 0.1) is 28.2 Å². The number of carbonyl (C=O) groups is 2. The quantitative estimate of drug-likeness (QED) is 0.897. The van der Waals surface area contributed by atoms with Crippen molar-refractivity contribution < 1.29 is 14.7 Å². The second-order valence-electron chi connectivity index (χ2n) is 5.50. The standard InChI is InChI=1S/C15H19ClN2O3/c1-18(2)13-11(16)7-4-8-12(13)17-14(19)9-5-3-6-10(9)15(20)21/h4,7-10H,3,5-6H2,1-2H3,(H,17,19)(H,20,21)/t9-,10+/m1/s1. The lowest BCUT2D eigenvalue weighted by Crippen LogP contribution is -2.30. The molecule has 5 nitrogen and oxygen atoms in total. The van der Waals surface area contributed by atoms with Gasteiger partial charge < -0.3 is 15.3 Å². The van der Waals surface area contributed by atoms with Crippen LogP contribution in [-0.4, -0.2) is 31.1 Å². The van der Waals surface area contributed by atoms with Gasteiger partial charge in [-0.3, -0.25) is 9.59 Å². The zero-order chi connectivity index (χ0) is 15.6. The third kappa shape index (κ3) is 3.29. The highest BCUT2D eigenvalue weighted by Gasteiger charge is 2.37. The molecule has 2 rings (SSSR count). The van der Waals surface area contributed by atoms with Crippen molar-refractivity contribution in [3.8, 4) is 0 Å². The van der Waals surface area contributed by atoms with Gasteiger partial charge in [0.25, 0.3) is 0 Å². The SMILES string of the molecule is CN(C)c1c(Cl)cccc1NC(=O)[C@@H]1CCC[C@@H]1C(=O)O. The first kappa shape index (κ1) is 15.6. The van der Waals surface area contributed by atoms with E-state index in [0.29, 0.717) is 23.6 Å². The zero-order valence-corrected chi connectivity index (χ0v) is 12.9. The number of para-hydroxylation sites is 1. The second kappa shape index (κ2) is 6.35. The number of halogens is 1. The third-order valence-electron chi connectivity index (χ3n) is 3.86. The van der Waals surface area contributed by atoms with Crippen LogP contribution in [0.2, 0.25) is 5.02 Å². The van der Waals surface area contributed by atoms with Gasteiger partial charge >= 0.3 is 5.97 Å². The Kier molecular flexibility index (Phi) is 4.73. The largest absolute Gasteiger partial charge is 0.481 e. The molecule has 1 aromatic carbocycles. The molecule has 1 amide bonds. The van der Waals surface area contributed by atoms with Gasteiger partial charge in [0.2, 0.25) is 5.91 Å². The molecule has 2 atom stereocenters. The van der Waals surface area contributed by atoms with Crippen LogP contribution in [-0.2, 0) is 9.59 Å². The van der Waals surface area contributed by atoms with Crippen LogP contribution in [0.5, 0.6) is 0 Å². The Morgan fingerprint density at radius 3 is 2.57 bits per heavy atom. The lowest BCUT2D eigenvalue weighted by Gasteiger charge is -2.21. The van der Waals surface area contributed by atoms with Crippen LogP contribution in [0, 0.1) is 11.8 Å². The molecule has 1 fully saturated rings. The van der Waals surface area contributed by atoms with Crippen molar-refractivity contribution in [1.29, 1.82) is 0 Å². The smallest absolute Gasteiger partial charge is 0.307 e. The van der Waals surface area contributed by atoms with Crippen molar-refractivity contribution >= 4 is 34.9 Å². The van der Waals surface area contributed by atoms with Crippen LogP contribution in [0.1, 0.15) is 19.3 Å². The first-order valence-corrected chi connectivity index (χ1v) is 7.29. The fraction of sp³-hybridized carbons (Fsp3) is 0.467. The predicted molar refractivity (Wildman–Crippen MR) is 82.9 cm³/mol. The third-order valence-corrected chi connectivity index (χ3v) is 4.17. The van der Waals surface area contributed by atoms with Gasteiger partial charge in [-0.25, -0.2) is 0 Å². The number of carboxylic acids is 1. The number of carboxylic acid groups (broad SMARTS) is 1. The first-order valence-electron chi connectivity index (χ1n) is 6.91. The molecule has 0 radical (unpaired) electrons. The Hall–Kier alpha value is -1.75. The number of carbonyl (C=O) groups excluding carboxylic acids is 1. The van der Waals surface area contributed by atoms with E-state index in [4.69, 9.17) is 11.6 Å². The number of aliphatic carboxylic acids is 1. The molecule has 1 aromatic rings. The van der Waals surface area contributed by atoms with Crippen molar-refractivity contribution in [2.75, 3.05) is 24.3 Å². The minimum atomic E-state index is -0.897. The van der Waals surface area contributed by atoms with Crippen molar-refractivity contribution in [1.82, 2.24) is 0 Å². The summed E-state index contributed by atoms with van der Waals surface area (Å²) in [5.74, 6) is -2.21. The molecule has 0 saturated heterocycles. The number of anilines is 2. The summed E-state index contributed by atoms with van der Waals surface area (Å²) in [5, 5.41) is 12.5. The second-order valence-corrected chi connectivity index (χ2v) is 5.91. The van der Waals surface area contributed by atoms with Crippen LogP contribution in [0.25, 0.3) is 0 Å². The number of nitrogens with one attached hydrogen (secondary N) is 1. The van der Waals surface area contributed by atoms with E-state index in [1.165, 1.54) is 0 Å². The van der Waals surface area contributed by atoms with Gasteiger partial charge in [-0.15, -0.1) is 0 Å². The van der Waals surface area contributed by atoms with Crippen LogP contribution in [0.3, 0.4) is 0 Å². The normalized spacial score (nSPS) is 21.1. The summed E-state index contributed by atoms with van der Waals surface area (Å²) >= 11 is 6.16. The first-order chi connectivity index (χ1) is 9.91. The summed E-state index contributed by atoms with van der Waals surface area (Å²) in [7, 11) is 3.68. The van der Waals surface area contributed by atoms with E-state index in [9.17, 15) is 14.7 Å². The Morgan fingerprint density at radius 2 is 1.95 bits per heavy atom. The molecule has 1 aliphatic rings. The number of amides is 1. The van der Waals surface area contributed by atoms with Crippen LogP contribution >= 0.6 is 11.6 Å². The summed E-state index contributed by atoms with van der Waals surface area (Å²) in [4.78, 5) is 25.4. The van der Waals surface area contributed by atoms with E-state index in [1.54, 1.807) is 18.2 Å². The number of rotatable bonds is 4. The predicted octanol–water partition coefficient (Wildman–Crippen LogP) is 2.85. The van der Waals surface area contributed by atoms with Gasteiger partial charge in [0, 0.05) is 14.1 Å². The van der Waals surface area contributed by atoms with Gasteiger partial charge in [0.1, 0.15) is 0 Å². The fourth-order valence-corrected chi connectivity index (χ4v) is 3.21. The summed E-state index contributed by atoms with van der Waals surface area (Å²) in [6.07, 6.45) is 1.94. The molecule has 0 heterocycles. The van der Waals surface area contributed by atoms with Gasteiger partial charge in [0.15, 0.2) is 0 Å². The monoisotopic (exact) mass is 310 g/mol. The van der Waals surface area contributed by atoms with E-state index < -0.39 is 17.8 Å². The number of hydrogen-bond donors (Lipinski definition) is 2. The molecule has 1 saturated carbocycles. The molecule has 0 unspecified atom stereocenters. The van der Waals surface area contributed by atoms with E-state index in [2.05, 4.69) is 5.32 Å². The summed E-state index contributed by atoms with van der Waals surface area (Å²) in [6.45, 7) is 0. The van der Waals surface area contributed by atoms with Crippen molar-refractivity contribution in [2.24, 2.45) is 11.8 Å².